The Kier molecular flexibility index (Phi) is 5.37. The van der Waals surface area contributed by atoms with Crippen LogP contribution in [0.4, 0.5) is 5.69 Å². The fraction of sp³-hybridized carbons (Fsp3) is 0.350. The Balaban J connectivity index is 1.67. The van der Waals surface area contributed by atoms with Gasteiger partial charge in [0.1, 0.15) is 6.33 Å². The van der Waals surface area contributed by atoms with Crippen LogP contribution in [0.25, 0.3) is 0 Å². The number of rotatable bonds is 6. The second-order valence-electron chi connectivity index (χ2n) is 7.61. The molecule has 30 heavy (non-hydrogen) atoms. The lowest BCUT2D eigenvalue weighted by Gasteiger charge is -2.16. The highest BCUT2D eigenvalue weighted by Crippen LogP contribution is 2.41. The number of fused-ring (bicyclic) bond motifs is 1. The van der Waals surface area contributed by atoms with Crippen molar-refractivity contribution in [3.63, 3.8) is 0 Å². The third-order valence-electron chi connectivity index (χ3n) is 5.08. The molecule has 3 aromatic rings. The Bertz CT molecular complexity index is 1170. The van der Waals surface area contributed by atoms with E-state index >= 15 is 0 Å². The molecule has 1 atom stereocenters. The first-order valence-electron chi connectivity index (χ1n) is 9.56. The zero-order valence-electron chi connectivity index (χ0n) is 16.9. The molecular weight excluding hydrogens is 422 g/mol. The fourth-order valence-electron chi connectivity index (χ4n) is 3.47. The lowest BCUT2D eigenvalue weighted by Crippen LogP contribution is -2.29. The van der Waals surface area contributed by atoms with Gasteiger partial charge in [-0.2, -0.15) is 16.4 Å². The summed E-state index contributed by atoms with van der Waals surface area (Å²) >= 11 is 1.58. The van der Waals surface area contributed by atoms with Crippen molar-refractivity contribution in [3.8, 4) is 0 Å². The van der Waals surface area contributed by atoms with Crippen LogP contribution in [0.5, 0.6) is 0 Å². The molecular formula is C20H23N5O3S2. The fourth-order valence-corrected chi connectivity index (χ4v) is 5.09. The molecule has 1 N–H and O–H groups in total. The molecule has 0 bridgehead atoms. The summed E-state index contributed by atoms with van der Waals surface area (Å²) in [5, 5.41) is 11.4. The van der Waals surface area contributed by atoms with Gasteiger partial charge in [0.15, 0.2) is 5.82 Å². The van der Waals surface area contributed by atoms with Gasteiger partial charge in [0.25, 0.3) is 5.91 Å². The van der Waals surface area contributed by atoms with Crippen LogP contribution >= 0.6 is 11.3 Å². The standard InChI is InChI=1S/C20H23N5O3S2/c1-13(2)24-12-22-19(23-24)17-10-25(30(3,27)28)18-5-4-15(8-16(17)18)20(26)21-9-14-6-7-29-11-14/h4-8,11-13,17H,9-10H2,1-3H3,(H,21,26)/t17-/m0/s1. The molecule has 0 aliphatic carbocycles. The van der Waals surface area contributed by atoms with Gasteiger partial charge in [-0.3, -0.25) is 13.8 Å². The zero-order chi connectivity index (χ0) is 21.5. The number of nitrogens with zero attached hydrogens (tertiary/aromatic N) is 4. The number of hydrogen-bond donors (Lipinski definition) is 1. The Morgan fingerprint density at radius 2 is 2.13 bits per heavy atom. The van der Waals surface area contributed by atoms with E-state index in [1.807, 2.05) is 30.7 Å². The Hall–Kier alpha value is -2.72. The van der Waals surface area contributed by atoms with Crippen molar-refractivity contribution in [1.82, 2.24) is 20.1 Å². The van der Waals surface area contributed by atoms with Gasteiger partial charge >= 0.3 is 0 Å². The largest absolute Gasteiger partial charge is 0.348 e. The van der Waals surface area contributed by atoms with Crippen LogP contribution in [0.1, 0.15) is 53.1 Å². The number of hydrogen-bond acceptors (Lipinski definition) is 6. The number of aromatic nitrogens is 3. The van der Waals surface area contributed by atoms with Crippen LogP contribution in [0.15, 0.2) is 41.4 Å². The number of anilines is 1. The molecule has 158 valence electrons. The second kappa shape index (κ2) is 7.84. The summed E-state index contributed by atoms with van der Waals surface area (Å²) in [4.78, 5) is 17.1. The third kappa shape index (κ3) is 3.97. The van der Waals surface area contributed by atoms with Crippen LogP contribution in [-0.2, 0) is 16.6 Å². The summed E-state index contributed by atoms with van der Waals surface area (Å²) < 4.78 is 27.8. The number of amides is 1. The smallest absolute Gasteiger partial charge is 0.251 e. The number of nitrogens with one attached hydrogen (secondary N) is 1. The van der Waals surface area contributed by atoms with Crippen LogP contribution in [0.3, 0.4) is 0 Å². The SMILES string of the molecule is CC(C)n1cnc([C@H]2CN(S(C)(=O)=O)c3ccc(C(=O)NCc4ccsc4)cc32)n1. The summed E-state index contributed by atoms with van der Waals surface area (Å²) in [5.74, 6) is 0.00695. The van der Waals surface area contributed by atoms with Crippen LogP contribution < -0.4 is 9.62 Å². The molecule has 1 aromatic carbocycles. The van der Waals surface area contributed by atoms with Crippen LogP contribution in [0.2, 0.25) is 0 Å². The number of thiophene rings is 1. The molecule has 3 heterocycles. The molecule has 0 saturated carbocycles. The van der Waals surface area contributed by atoms with E-state index in [1.165, 1.54) is 10.6 Å². The van der Waals surface area contributed by atoms with Crippen molar-refractivity contribution in [2.75, 3.05) is 17.1 Å². The van der Waals surface area contributed by atoms with Gasteiger partial charge in [0, 0.05) is 24.7 Å². The van der Waals surface area contributed by atoms with Crippen LogP contribution in [-0.4, -0.2) is 41.9 Å². The zero-order valence-corrected chi connectivity index (χ0v) is 18.6. The van der Waals surface area contributed by atoms with E-state index in [4.69, 9.17) is 0 Å². The molecule has 4 rings (SSSR count). The maximum atomic E-state index is 12.7. The van der Waals surface area contributed by atoms with Crippen molar-refractivity contribution in [2.24, 2.45) is 0 Å². The molecule has 2 aromatic heterocycles. The van der Waals surface area contributed by atoms with Crippen molar-refractivity contribution >= 4 is 33.0 Å². The van der Waals surface area contributed by atoms with E-state index in [0.717, 1.165) is 11.1 Å². The summed E-state index contributed by atoms with van der Waals surface area (Å²) in [6, 6.07) is 7.21. The van der Waals surface area contributed by atoms with Crippen LogP contribution in [0, 0.1) is 0 Å². The van der Waals surface area contributed by atoms with E-state index in [-0.39, 0.29) is 24.4 Å². The van der Waals surface area contributed by atoms with Gasteiger partial charge in [0.05, 0.1) is 17.9 Å². The Morgan fingerprint density at radius 3 is 2.77 bits per heavy atom. The lowest BCUT2D eigenvalue weighted by atomic mass is 9.98. The minimum atomic E-state index is -3.47. The number of benzene rings is 1. The average Bonchev–Trinajstić information content (AvgIpc) is 3.43. The van der Waals surface area contributed by atoms with Gasteiger partial charge < -0.3 is 5.32 Å². The summed E-state index contributed by atoms with van der Waals surface area (Å²) in [7, 11) is -3.47. The first-order valence-corrected chi connectivity index (χ1v) is 12.3. The van der Waals surface area contributed by atoms with Gasteiger partial charge in [-0.15, -0.1) is 0 Å². The highest BCUT2D eigenvalue weighted by atomic mass is 32.2. The highest BCUT2D eigenvalue weighted by molar-refractivity contribution is 7.92. The number of carbonyl (C=O) groups is 1. The molecule has 1 amide bonds. The third-order valence-corrected chi connectivity index (χ3v) is 6.96. The average molecular weight is 446 g/mol. The minimum absolute atomic E-state index is 0.146. The predicted molar refractivity (Wildman–Crippen MR) is 116 cm³/mol. The molecule has 0 radical (unpaired) electrons. The molecule has 0 unspecified atom stereocenters. The van der Waals surface area contributed by atoms with Crippen molar-refractivity contribution in [2.45, 2.75) is 32.4 Å². The second-order valence-corrected chi connectivity index (χ2v) is 10.3. The van der Waals surface area contributed by atoms with E-state index in [1.54, 1.807) is 40.5 Å². The van der Waals surface area contributed by atoms with Gasteiger partial charge in [-0.1, -0.05) is 0 Å². The Labute approximate surface area is 179 Å². The quantitative estimate of drug-likeness (QED) is 0.629. The lowest BCUT2D eigenvalue weighted by molar-refractivity contribution is 0.0951. The Morgan fingerprint density at radius 1 is 1.33 bits per heavy atom. The van der Waals surface area contributed by atoms with Crippen molar-refractivity contribution in [3.05, 3.63) is 63.9 Å². The van der Waals surface area contributed by atoms with Gasteiger partial charge in [-0.05, 0) is 60.0 Å². The van der Waals surface area contributed by atoms with E-state index in [9.17, 15) is 13.2 Å². The summed E-state index contributed by atoms with van der Waals surface area (Å²) in [6.07, 6.45) is 2.83. The molecule has 1 aliphatic rings. The highest BCUT2D eigenvalue weighted by Gasteiger charge is 2.37. The van der Waals surface area contributed by atoms with E-state index in [0.29, 0.717) is 23.6 Å². The molecule has 1 aliphatic heterocycles. The van der Waals surface area contributed by atoms with Gasteiger partial charge in [-0.25, -0.2) is 13.4 Å². The van der Waals surface area contributed by atoms with Crippen molar-refractivity contribution < 1.29 is 13.2 Å². The predicted octanol–water partition coefficient (Wildman–Crippen LogP) is 2.76. The van der Waals surface area contributed by atoms with Crippen molar-refractivity contribution in [1.29, 1.82) is 0 Å². The maximum absolute atomic E-state index is 12.7. The first kappa shape index (κ1) is 20.5. The summed E-state index contributed by atoms with van der Waals surface area (Å²) in [6.45, 7) is 4.66. The normalized spacial score (nSPS) is 16.1. The maximum Gasteiger partial charge on any atom is 0.251 e. The number of carbonyl (C=O) groups excluding carboxylic acids is 1. The van der Waals surface area contributed by atoms with E-state index in [2.05, 4.69) is 15.4 Å². The minimum Gasteiger partial charge on any atom is -0.348 e. The molecule has 8 nitrogen and oxygen atoms in total. The van der Waals surface area contributed by atoms with E-state index < -0.39 is 10.0 Å². The first-order chi connectivity index (χ1) is 14.2. The molecule has 0 spiro atoms. The topological polar surface area (TPSA) is 97.2 Å². The monoisotopic (exact) mass is 445 g/mol. The van der Waals surface area contributed by atoms with Gasteiger partial charge in [0.2, 0.25) is 10.0 Å². The number of sulfonamides is 1. The molecule has 0 saturated heterocycles. The molecule has 10 heteroatoms. The molecule has 0 fully saturated rings. The summed E-state index contributed by atoms with van der Waals surface area (Å²) in [5.41, 5.74) is 2.83.